The summed E-state index contributed by atoms with van der Waals surface area (Å²) in [6.45, 7) is 6.26. The first-order valence-corrected chi connectivity index (χ1v) is 9.31. The molecule has 6 nitrogen and oxygen atoms in total. The van der Waals surface area contributed by atoms with E-state index in [-0.39, 0.29) is 5.91 Å². The summed E-state index contributed by atoms with van der Waals surface area (Å²) in [6.07, 6.45) is 2.56. The molecule has 0 bridgehead atoms. The number of benzene rings is 1. The van der Waals surface area contributed by atoms with Crippen molar-refractivity contribution in [1.82, 2.24) is 15.2 Å². The fourth-order valence-electron chi connectivity index (χ4n) is 3.34. The standard InChI is InChI=1S/C21H25N5O/c1-17-5-2-3-6-18(17)8-10-23-20(27)16-25-11-13-26(14-12-25)21-19(15-22)7-4-9-24-21/h2-7,9H,8,10-14,16H2,1H3,(H,23,27). The predicted molar refractivity (Wildman–Crippen MR) is 105 cm³/mol. The number of amides is 1. The molecule has 1 aromatic carbocycles. The van der Waals surface area contributed by atoms with E-state index in [4.69, 9.17) is 0 Å². The van der Waals surface area contributed by atoms with Gasteiger partial charge in [0.2, 0.25) is 5.91 Å². The van der Waals surface area contributed by atoms with Gasteiger partial charge in [-0.15, -0.1) is 0 Å². The molecule has 0 radical (unpaired) electrons. The van der Waals surface area contributed by atoms with E-state index >= 15 is 0 Å². The van der Waals surface area contributed by atoms with Crippen molar-refractivity contribution in [3.8, 4) is 6.07 Å². The lowest BCUT2D eigenvalue weighted by Gasteiger charge is -2.35. The monoisotopic (exact) mass is 363 g/mol. The van der Waals surface area contributed by atoms with Crippen LogP contribution >= 0.6 is 0 Å². The number of carbonyl (C=O) groups is 1. The first-order chi connectivity index (χ1) is 13.2. The van der Waals surface area contributed by atoms with E-state index in [2.05, 4.69) is 45.2 Å². The van der Waals surface area contributed by atoms with Crippen molar-refractivity contribution in [3.05, 3.63) is 59.3 Å². The Morgan fingerprint density at radius 1 is 1.19 bits per heavy atom. The van der Waals surface area contributed by atoms with Crippen molar-refractivity contribution in [2.24, 2.45) is 0 Å². The van der Waals surface area contributed by atoms with Crippen molar-refractivity contribution in [1.29, 1.82) is 5.26 Å². The van der Waals surface area contributed by atoms with Gasteiger partial charge in [0.1, 0.15) is 11.9 Å². The number of nitriles is 1. The maximum Gasteiger partial charge on any atom is 0.234 e. The highest BCUT2D eigenvalue weighted by molar-refractivity contribution is 5.78. The molecule has 3 rings (SSSR count). The fourth-order valence-corrected chi connectivity index (χ4v) is 3.34. The number of aryl methyl sites for hydroxylation is 1. The van der Waals surface area contributed by atoms with Crippen LogP contribution in [0, 0.1) is 18.3 Å². The molecule has 0 spiro atoms. The third-order valence-corrected chi connectivity index (χ3v) is 4.92. The van der Waals surface area contributed by atoms with Gasteiger partial charge >= 0.3 is 0 Å². The summed E-state index contributed by atoms with van der Waals surface area (Å²) < 4.78 is 0. The second-order valence-electron chi connectivity index (χ2n) is 6.78. The number of pyridine rings is 1. The third kappa shape index (κ3) is 5.05. The maximum atomic E-state index is 12.2. The minimum atomic E-state index is 0.0626. The third-order valence-electron chi connectivity index (χ3n) is 4.92. The second-order valence-corrected chi connectivity index (χ2v) is 6.78. The molecular weight excluding hydrogens is 338 g/mol. The van der Waals surface area contributed by atoms with Crippen LogP contribution in [0.2, 0.25) is 0 Å². The highest BCUT2D eigenvalue weighted by Crippen LogP contribution is 2.17. The Balaban J connectivity index is 1.42. The smallest absolute Gasteiger partial charge is 0.234 e. The lowest BCUT2D eigenvalue weighted by atomic mass is 10.1. The number of aromatic nitrogens is 1. The number of carbonyl (C=O) groups excluding carboxylic acids is 1. The van der Waals surface area contributed by atoms with Crippen molar-refractivity contribution >= 4 is 11.7 Å². The average molecular weight is 363 g/mol. The van der Waals surface area contributed by atoms with Gasteiger partial charge in [0, 0.05) is 38.9 Å². The summed E-state index contributed by atoms with van der Waals surface area (Å²) in [7, 11) is 0. The van der Waals surface area contributed by atoms with Crippen LogP contribution in [0.5, 0.6) is 0 Å². The van der Waals surface area contributed by atoms with Crippen molar-refractivity contribution in [2.75, 3.05) is 44.2 Å². The molecule has 1 saturated heterocycles. The molecule has 140 valence electrons. The summed E-state index contributed by atoms with van der Waals surface area (Å²) in [4.78, 5) is 20.8. The molecule has 1 aliphatic rings. The lowest BCUT2D eigenvalue weighted by molar-refractivity contribution is -0.122. The SMILES string of the molecule is Cc1ccccc1CCNC(=O)CN1CCN(c2ncccc2C#N)CC1. The molecule has 0 atom stereocenters. The zero-order valence-corrected chi connectivity index (χ0v) is 15.7. The largest absolute Gasteiger partial charge is 0.355 e. The van der Waals surface area contributed by atoms with Gasteiger partial charge in [0.25, 0.3) is 0 Å². The Bertz CT molecular complexity index is 821. The van der Waals surface area contributed by atoms with E-state index in [0.717, 1.165) is 38.4 Å². The number of rotatable bonds is 6. The summed E-state index contributed by atoms with van der Waals surface area (Å²) in [6, 6.07) is 14.0. The molecule has 0 unspecified atom stereocenters. The van der Waals surface area contributed by atoms with Gasteiger partial charge in [-0.05, 0) is 36.6 Å². The normalized spacial score (nSPS) is 14.6. The number of nitrogens with zero attached hydrogens (tertiary/aromatic N) is 4. The van der Waals surface area contributed by atoms with E-state index in [9.17, 15) is 10.1 Å². The molecule has 27 heavy (non-hydrogen) atoms. The molecule has 1 N–H and O–H groups in total. The molecule has 1 amide bonds. The van der Waals surface area contributed by atoms with E-state index in [1.807, 2.05) is 12.1 Å². The van der Waals surface area contributed by atoms with Crippen LogP contribution in [-0.2, 0) is 11.2 Å². The van der Waals surface area contributed by atoms with Crippen LogP contribution in [0.1, 0.15) is 16.7 Å². The van der Waals surface area contributed by atoms with E-state index in [1.165, 1.54) is 11.1 Å². The average Bonchev–Trinajstić information content (AvgIpc) is 2.70. The molecule has 0 aliphatic carbocycles. The van der Waals surface area contributed by atoms with Gasteiger partial charge < -0.3 is 10.2 Å². The molecule has 0 saturated carbocycles. The first-order valence-electron chi connectivity index (χ1n) is 9.31. The van der Waals surface area contributed by atoms with Crippen LogP contribution in [0.15, 0.2) is 42.6 Å². The molecule has 2 heterocycles. The van der Waals surface area contributed by atoms with Gasteiger partial charge in [0.05, 0.1) is 12.1 Å². The predicted octanol–water partition coefficient (Wildman–Crippen LogP) is 1.74. The highest BCUT2D eigenvalue weighted by Gasteiger charge is 2.21. The van der Waals surface area contributed by atoms with Crippen LogP contribution in [0.25, 0.3) is 0 Å². The van der Waals surface area contributed by atoms with E-state index in [0.29, 0.717) is 18.7 Å². The Hall–Kier alpha value is -2.91. The first kappa shape index (κ1) is 18.9. The van der Waals surface area contributed by atoms with Gasteiger partial charge in [-0.1, -0.05) is 24.3 Å². The minimum Gasteiger partial charge on any atom is -0.355 e. The molecule has 1 aliphatic heterocycles. The van der Waals surface area contributed by atoms with Crippen molar-refractivity contribution < 1.29 is 4.79 Å². The minimum absolute atomic E-state index is 0.0626. The second kappa shape index (κ2) is 9.15. The van der Waals surface area contributed by atoms with Gasteiger partial charge in [-0.3, -0.25) is 9.69 Å². The molecule has 1 aromatic heterocycles. The topological polar surface area (TPSA) is 72.3 Å². The number of hydrogen-bond acceptors (Lipinski definition) is 5. The Morgan fingerprint density at radius 3 is 2.70 bits per heavy atom. The van der Waals surface area contributed by atoms with Crippen LogP contribution in [0.3, 0.4) is 0 Å². The maximum absolute atomic E-state index is 12.2. The van der Waals surface area contributed by atoms with Crippen molar-refractivity contribution in [2.45, 2.75) is 13.3 Å². The Kier molecular flexibility index (Phi) is 6.39. The molecule has 2 aromatic rings. The Labute approximate surface area is 160 Å². The van der Waals surface area contributed by atoms with Crippen LogP contribution in [0.4, 0.5) is 5.82 Å². The summed E-state index contributed by atoms with van der Waals surface area (Å²) >= 11 is 0. The number of piperazine rings is 1. The summed E-state index contributed by atoms with van der Waals surface area (Å²) in [5.74, 6) is 0.801. The van der Waals surface area contributed by atoms with Crippen LogP contribution in [-0.4, -0.2) is 55.1 Å². The number of nitrogens with one attached hydrogen (secondary N) is 1. The fraction of sp³-hybridized carbons (Fsp3) is 0.381. The van der Waals surface area contributed by atoms with E-state index in [1.54, 1.807) is 18.3 Å². The molecule has 1 fully saturated rings. The number of anilines is 1. The van der Waals surface area contributed by atoms with Gasteiger partial charge in [-0.25, -0.2) is 4.98 Å². The summed E-state index contributed by atoms with van der Waals surface area (Å²) in [5, 5.41) is 12.2. The van der Waals surface area contributed by atoms with Gasteiger partial charge in [-0.2, -0.15) is 5.26 Å². The van der Waals surface area contributed by atoms with Gasteiger partial charge in [0.15, 0.2) is 0 Å². The summed E-state index contributed by atoms with van der Waals surface area (Å²) in [5.41, 5.74) is 3.13. The van der Waals surface area contributed by atoms with Crippen LogP contribution < -0.4 is 10.2 Å². The van der Waals surface area contributed by atoms with E-state index < -0.39 is 0 Å². The molecular formula is C21H25N5O. The Morgan fingerprint density at radius 2 is 1.96 bits per heavy atom. The number of hydrogen-bond donors (Lipinski definition) is 1. The molecule has 6 heteroatoms. The van der Waals surface area contributed by atoms with Crippen molar-refractivity contribution in [3.63, 3.8) is 0 Å². The lowest BCUT2D eigenvalue weighted by Crippen LogP contribution is -2.50. The quantitative estimate of drug-likeness (QED) is 0.846. The zero-order chi connectivity index (χ0) is 19.1. The highest BCUT2D eigenvalue weighted by atomic mass is 16.2. The zero-order valence-electron chi connectivity index (χ0n) is 15.7.